The lowest BCUT2D eigenvalue weighted by atomic mass is 10.0. The van der Waals surface area contributed by atoms with Gasteiger partial charge in [0.1, 0.15) is 5.82 Å². The molecule has 1 amide bonds. The predicted octanol–water partition coefficient (Wildman–Crippen LogP) is 3.95. The first-order valence-corrected chi connectivity index (χ1v) is 8.46. The van der Waals surface area contributed by atoms with Gasteiger partial charge in [0.05, 0.1) is 11.3 Å². The Labute approximate surface area is 150 Å². The van der Waals surface area contributed by atoms with Crippen molar-refractivity contribution in [3.8, 4) is 0 Å². The van der Waals surface area contributed by atoms with Crippen molar-refractivity contribution in [2.24, 2.45) is 0 Å². The zero-order chi connectivity index (χ0) is 17.9. The van der Waals surface area contributed by atoms with E-state index < -0.39 is 11.7 Å². The fourth-order valence-corrected chi connectivity index (χ4v) is 3.08. The van der Waals surface area contributed by atoms with Crippen LogP contribution in [0.25, 0.3) is 0 Å². The highest BCUT2D eigenvalue weighted by atomic mass is 19.1. The molecule has 2 heterocycles. The Morgan fingerprint density at radius 3 is 2.58 bits per heavy atom. The lowest BCUT2D eigenvalue weighted by molar-refractivity contribution is 0.102. The maximum Gasteiger partial charge on any atom is 0.258 e. The van der Waals surface area contributed by atoms with E-state index in [-0.39, 0.29) is 11.3 Å². The van der Waals surface area contributed by atoms with E-state index in [9.17, 15) is 9.18 Å². The molecule has 26 heavy (non-hydrogen) atoms. The van der Waals surface area contributed by atoms with Gasteiger partial charge in [-0.05, 0) is 36.6 Å². The smallest absolute Gasteiger partial charge is 0.258 e. The number of carbonyl (C=O) groups excluding carboxylic acids is 1. The van der Waals surface area contributed by atoms with Gasteiger partial charge in [-0.1, -0.05) is 30.3 Å². The van der Waals surface area contributed by atoms with E-state index in [1.165, 1.54) is 30.1 Å². The summed E-state index contributed by atoms with van der Waals surface area (Å²) in [6.07, 6.45) is 5.00. The van der Waals surface area contributed by atoms with Gasteiger partial charge in [0.15, 0.2) is 0 Å². The summed E-state index contributed by atoms with van der Waals surface area (Å²) in [6.45, 7) is 0.831. The average molecular weight is 348 g/mol. The normalized spacial score (nSPS) is 13.2. The number of para-hydroxylation sites is 2. The van der Waals surface area contributed by atoms with Gasteiger partial charge in [0.25, 0.3) is 5.91 Å². The van der Waals surface area contributed by atoms with Gasteiger partial charge in [-0.2, -0.15) is 0 Å². The van der Waals surface area contributed by atoms with Crippen molar-refractivity contribution in [3.63, 3.8) is 0 Å². The standard InChI is InChI=1S/C20H17FN4O/c21-16-8-2-3-9-17(16)24-19(26)15-12-22-20(23-13-15)25-11-5-7-14-6-1-4-10-18(14)25/h1-4,6,8-10,12-13H,5,7,11H2,(H,24,26). The summed E-state index contributed by atoms with van der Waals surface area (Å²) in [5, 5.41) is 2.53. The molecular formula is C20H17FN4O. The first-order valence-electron chi connectivity index (χ1n) is 8.46. The first-order chi connectivity index (χ1) is 12.7. The van der Waals surface area contributed by atoms with Crippen LogP contribution in [0.15, 0.2) is 60.9 Å². The highest BCUT2D eigenvalue weighted by Gasteiger charge is 2.20. The van der Waals surface area contributed by atoms with E-state index in [1.807, 2.05) is 12.1 Å². The number of hydrogen-bond acceptors (Lipinski definition) is 4. The topological polar surface area (TPSA) is 58.1 Å². The molecule has 2 aromatic carbocycles. The van der Waals surface area contributed by atoms with Crippen molar-refractivity contribution in [1.82, 2.24) is 9.97 Å². The van der Waals surface area contributed by atoms with Crippen LogP contribution in [-0.2, 0) is 6.42 Å². The molecule has 0 radical (unpaired) electrons. The van der Waals surface area contributed by atoms with Crippen molar-refractivity contribution >= 4 is 23.2 Å². The van der Waals surface area contributed by atoms with E-state index in [0.29, 0.717) is 5.95 Å². The lowest BCUT2D eigenvalue weighted by Gasteiger charge is -2.29. The van der Waals surface area contributed by atoms with Gasteiger partial charge in [0.2, 0.25) is 5.95 Å². The van der Waals surface area contributed by atoms with Crippen molar-refractivity contribution in [3.05, 3.63) is 77.9 Å². The molecule has 1 aliphatic heterocycles. The van der Waals surface area contributed by atoms with Gasteiger partial charge in [-0.25, -0.2) is 14.4 Å². The van der Waals surface area contributed by atoms with E-state index in [4.69, 9.17) is 0 Å². The number of nitrogens with one attached hydrogen (secondary N) is 1. The molecule has 1 N–H and O–H groups in total. The Bertz CT molecular complexity index is 943. The molecule has 0 aliphatic carbocycles. The van der Waals surface area contributed by atoms with Crippen LogP contribution in [0.4, 0.5) is 21.7 Å². The largest absolute Gasteiger partial charge is 0.319 e. The Balaban J connectivity index is 1.54. The van der Waals surface area contributed by atoms with Crippen LogP contribution in [0.2, 0.25) is 0 Å². The quantitative estimate of drug-likeness (QED) is 0.779. The van der Waals surface area contributed by atoms with Crippen LogP contribution < -0.4 is 10.2 Å². The van der Waals surface area contributed by atoms with Gasteiger partial charge in [0, 0.05) is 24.6 Å². The zero-order valence-electron chi connectivity index (χ0n) is 14.0. The molecule has 130 valence electrons. The molecule has 0 spiro atoms. The highest BCUT2D eigenvalue weighted by Crippen LogP contribution is 2.31. The molecule has 5 nitrogen and oxygen atoms in total. The van der Waals surface area contributed by atoms with Crippen molar-refractivity contribution in [2.45, 2.75) is 12.8 Å². The summed E-state index contributed by atoms with van der Waals surface area (Å²) in [7, 11) is 0. The molecule has 1 aliphatic rings. The summed E-state index contributed by atoms with van der Waals surface area (Å²) < 4.78 is 13.7. The van der Waals surface area contributed by atoms with Crippen LogP contribution >= 0.6 is 0 Å². The van der Waals surface area contributed by atoms with Crippen molar-refractivity contribution in [2.75, 3.05) is 16.8 Å². The van der Waals surface area contributed by atoms with E-state index in [2.05, 4.69) is 32.3 Å². The Morgan fingerprint density at radius 1 is 1.04 bits per heavy atom. The van der Waals surface area contributed by atoms with Gasteiger partial charge >= 0.3 is 0 Å². The number of aryl methyl sites for hydroxylation is 1. The zero-order valence-corrected chi connectivity index (χ0v) is 14.0. The lowest BCUT2D eigenvalue weighted by Crippen LogP contribution is -2.26. The van der Waals surface area contributed by atoms with Gasteiger partial charge in [-0.15, -0.1) is 0 Å². The second-order valence-corrected chi connectivity index (χ2v) is 6.09. The number of carbonyl (C=O) groups is 1. The average Bonchev–Trinajstić information content (AvgIpc) is 2.69. The molecule has 0 bridgehead atoms. The van der Waals surface area contributed by atoms with E-state index >= 15 is 0 Å². The van der Waals surface area contributed by atoms with Crippen LogP contribution in [0, 0.1) is 5.82 Å². The minimum atomic E-state index is -0.483. The number of nitrogens with zero attached hydrogens (tertiary/aromatic N) is 3. The number of fused-ring (bicyclic) bond motifs is 1. The molecular weight excluding hydrogens is 331 g/mol. The Morgan fingerprint density at radius 2 is 1.77 bits per heavy atom. The molecule has 0 saturated heterocycles. The molecule has 0 fully saturated rings. The number of amides is 1. The van der Waals surface area contributed by atoms with Gasteiger partial charge < -0.3 is 10.2 Å². The Kier molecular flexibility index (Phi) is 4.31. The van der Waals surface area contributed by atoms with Crippen LogP contribution in [0.3, 0.4) is 0 Å². The SMILES string of the molecule is O=C(Nc1ccccc1F)c1cnc(N2CCCc3ccccc32)nc1. The minimum Gasteiger partial charge on any atom is -0.319 e. The number of anilines is 3. The molecule has 1 aromatic heterocycles. The predicted molar refractivity (Wildman–Crippen MR) is 98.2 cm³/mol. The number of rotatable bonds is 3. The number of aromatic nitrogens is 2. The van der Waals surface area contributed by atoms with E-state index in [1.54, 1.807) is 12.1 Å². The highest BCUT2D eigenvalue weighted by molar-refractivity contribution is 6.04. The van der Waals surface area contributed by atoms with E-state index in [0.717, 1.165) is 25.1 Å². The maximum atomic E-state index is 13.7. The van der Waals surface area contributed by atoms with Crippen LogP contribution in [0.5, 0.6) is 0 Å². The molecule has 4 rings (SSSR count). The molecule has 0 unspecified atom stereocenters. The Hall–Kier alpha value is -3.28. The third-order valence-corrected chi connectivity index (χ3v) is 4.37. The molecule has 0 atom stereocenters. The van der Waals surface area contributed by atoms with Crippen molar-refractivity contribution in [1.29, 1.82) is 0 Å². The second kappa shape index (κ2) is 6.92. The van der Waals surface area contributed by atoms with Crippen LogP contribution in [0.1, 0.15) is 22.3 Å². The summed E-state index contributed by atoms with van der Waals surface area (Å²) in [4.78, 5) is 23.0. The first kappa shape index (κ1) is 16.2. The number of benzene rings is 2. The van der Waals surface area contributed by atoms with Crippen molar-refractivity contribution < 1.29 is 9.18 Å². The number of halogens is 1. The maximum absolute atomic E-state index is 13.7. The monoisotopic (exact) mass is 348 g/mol. The second-order valence-electron chi connectivity index (χ2n) is 6.09. The van der Waals surface area contributed by atoms with Crippen LogP contribution in [-0.4, -0.2) is 22.4 Å². The fourth-order valence-electron chi connectivity index (χ4n) is 3.08. The minimum absolute atomic E-state index is 0.131. The fraction of sp³-hybridized carbons (Fsp3) is 0.150. The third-order valence-electron chi connectivity index (χ3n) is 4.37. The summed E-state index contributed by atoms with van der Waals surface area (Å²) in [6, 6.07) is 14.2. The molecule has 3 aromatic rings. The summed E-state index contributed by atoms with van der Waals surface area (Å²) in [5.41, 5.74) is 2.78. The summed E-state index contributed by atoms with van der Waals surface area (Å²) >= 11 is 0. The number of hydrogen-bond donors (Lipinski definition) is 1. The molecule has 0 saturated carbocycles. The molecule has 6 heteroatoms. The summed E-state index contributed by atoms with van der Waals surface area (Å²) in [5.74, 6) is -0.372. The van der Waals surface area contributed by atoms with Gasteiger partial charge in [-0.3, -0.25) is 4.79 Å². The third kappa shape index (κ3) is 3.13.